The molecule has 0 amide bonds. The maximum absolute atomic E-state index is 5.76. The quantitative estimate of drug-likeness (QED) is 0.695. The third kappa shape index (κ3) is 1.63. The monoisotopic (exact) mass is 225 g/mol. The average molecular weight is 226 g/mol. The third-order valence-corrected chi connectivity index (χ3v) is 2.29. The molecule has 2 aromatic rings. The lowest BCUT2D eigenvalue weighted by Gasteiger charge is -2.20. The van der Waals surface area contributed by atoms with Gasteiger partial charge in [-0.3, -0.25) is 0 Å². The molecule has 0 aliphatic rings. The molecule has 0 unspecified atom stereocenters. The second kappa shape index (κ2) is 3.06. The zero-order chi connectivity index (χ0) is 11.2. The molecular weight excluding hydrogens is 214 g/mol. The number of nitrogens with zero attached hydrogens (tertiary/aromatic N) is 4. The highest BCUT2D eigenvalue weighted by molar-refractivity contribution is 6.28. The Labute approximate surface area is 92.3 Å². The Morgan fingerprint density at radius 3 is 2.60 bits per heavy atom. The molecule has 2 rings (SSSR count). The highest BCUT2D eigenvalue weighted by Gasteiger charge is 2.19. The lowest BCUT2D eigenvalue weighted by atomic mass is 10.1. The Balaban J connectivity index is 2.80. The Hall–Kier alpha value is -1.36. The maximum Gasteiger partial charge on any atom is 0.226 e. The molecule has 80 valence electrons. The molecule has 0 saturated heterocycles. The van der Waals surface area contributed by atoms with Crippen LogP contribution in [0.5, 0.6) is 0 Å². The van der Waals surface area contributed by atoms with Gasteiger partial charge in [-0.1, -0.05) is 0 Å². The van der Waals surface area contributed by atoms with Gasteiger partial charge in [0.1, 0.15) is 5.52 Å². The zero-order valence-electron chi connectivity index (χ0n) is 8.82. The summed E-state index contributed by atoms with van der Waals surface area (Å²) in [5.41, 5.74) is 6.85. The number of fused-ring (bicyclic) bond motifs is 1. The Bertz CT molecular complexity index is 511. The largest absolute Gasteiger partial charge is 0.382 e. The molecule has 0 aliphatic carbocycles. The molecule has 0 aliphatic heterocycles. The van der Waals surface area contributed by atoms with Gasteiger partial charge in [0.2, 0.25) is 5.28 Å². The van der Waals surface area contributed by atoms with Crippen LogP contribution < -0.4 is 5.73 Å². The van der Waals surface area contributed by atoms with Gasteiger partial charge in [-0.05, 0) is 32.4 Å². The standard InChI is InChI=1S/C9H12ClN5/c1-9(2,3)15-4-12-5-6(11)13-8(10)14-7(5)15/h4H,1-3H3,(H2,11,13,14). The van der Waals surface area contributed by atoms with Crippen LogP contribution in [0.15, 0.2) is 6.33 Å². The van der Waals surface area contributed by atoms with E-state index in [9.17, 15) is 0 Å². The van der Waals surface area contributed by atoms with Gasteiger partial charge in [-0.15, -0.1) is 0 Å². The SMILES string of the molecule is CC(C)(C)n1cnc2c(N)nc(Cl)nc21. The molecule has 5 nitrogen and oxygen atoms in total. The van der Waals surface area contributed by atoms with Crippen LogP contribution in [0, 0.1) is 0 Å². The molecule has 0 radical (unpaired) electrons. The molecule has 6 heteroatoms. The van der Waals surface area contributed by atoms with E-state index in [-0.39, 0.29) is 10.8 Å². The van der Waals surface area contributed by atoms with Crippen molar-refractivity contribution in [2.45, 2.75) is 26.3 Å². The lowest BCUT2D eigenvalue weighted by Crippen LogP contribution is -2.21. The maximum atomic E-state index is 5.76. The van der Waals surface area contributed by atoms with E-state index in [0.29, 0.717) is 17.0 Å². The summed E-state index contributed by atoms with van der Waals surface area (Å²) in [6, 6.07) is 0. The molecule has 2 heterocycles. The Kier molecular flexibility index (Phi) is 2.08. The van der Waals surface area contributed by atoms with Crippen molar-refractivity contribution in [2.75, 3.05) is 5.73 Å². The van der Waals surface area contributed by atoms with Crippen molar-refractivity contribution < 1.29 is 0 Å². The molecule has 15 heavy (non-hydrogen) atoms. The molecule has 0 saturated carbocycles. The van der Waals surface area contributed by atoms with E-state index in [4.69, 9.17) is 17.3 Å². The minimum absolute atomic E-state index is 0.112. The molecule has 2 N–H and O–H groups in total. The highest BCUT2D eigenvalue weighted by atomic mass is 35.5. The Morgan fingerprint density at radius 2 is 2.00 bits per heavy atom. The van der Waals surface area contributed by atoms with Crippen molar-refractivity contribution >= 4 is 28.6 Å². The molecule has 0 bridgehead atoms. The summed E-state index contributed by atoms with van der Waals surface area (Å²) < 4.78 is 1.92. The van der Waals surface area contributed by atoms with E-state index in [1.54, 1.807) is 6.33 Å². The fourth-order valence-electron chi connectivity index (χ4n) is 1.39. The third-order valence-electron chi connectivity index (χ3n) is 2.12. The summed E-state index contributed by atoms with van der Waals surface area (Å²) in [6.45, 7) is 6.17. The van der Waals surface area contributed by atoms with Crippen molar-refractivity contribution in [1.29, 1.82) is 0 Å². The number of aromatic nitrogens is 4. The molecule has 0 atom stereocenters. The van der Waals surface area contributed by atoms with E-state index < -0.39 is 0 Å². The fourth-order valence-corrected chi connectivity index (χ4v) is 1.56. The number of nitrogen functional groups attached to an aromatic ring is 1. The lowest BCUT2D eigenvalue weighted by molar-refractivity contribution is 0.406. The van der Waals surface area contributed by atoms with E-state index in [2.05, 4.69) is 35.7 Å². The minimum Gasteiger partial charge on any atom is -0.382 e. The number of anilines is 1. The van der Waals surface area contributed by atoms with Gasteiger partial charge < -0.3 is 10.3 Å². The first-order chi connectivity index (χ1) is 6.89. The van der Waals surface area contributed by atoms with E-state index in [1.165, 1.54) is 0 Å². The van der Waals surface area contributed by atoms with Crippen LogP contribution in [0.25, 0.3) is 11.2 Å². The van der Waals surface area contributed by atoms with E-state index >= 15 is 0 Å². The van der Waals surface area contributed by atoms with Crippen LogP contribution in [0.2, 0.25) is 5.28 Å². The van der Waals surface area contributed by atoms with Gasteiger partial charge >= 0.3 is 0 Å². The van der Waals surface area contributed by atoms with Crippen molar-refractivity contribution in [3.8, 4) is 0 Å². The smallest absolute Gasteiger partial charge is 0.226 e. The predicted molar refractivity (Wildman–Crippen MR) is 59.7 cm³/mol. The van der Waals surface area contributed by atoms with Crippen LogP contribution in [-0.2, 0) is 5.54 Å². The molecule has 0 fully saturated rings. The summed E-state index contributed by atoms with van der Waals surface area (Å²) in [7, 11) is 0. The number of halogens is 1. The van der Waals surface area contributed by atoms with Gasteiger partial charge in [0.15, 0.2) is 11.5 Å². The fraction of sp³-hybridized carbons (Fsp3) is 0.444. The zero-order valence-corrected chi connectivity index (χ0v) is 9.58. The summed E-state index contributed by atoms with van der Waals surface area (Å²) in [6.07, 6.45) is 1.70. The van der Waals surface area contributed by atoms with Gasteiger partial charge in [0.25, 0.3) is 0 Å². The van der Waals surface area contributed by atoms with Gasteiger partial charge in [-0.2, -0.15) is 9.97 Å². The number of hydrogen-bond donors (Lipinski definition) is 1. The van der Waals surface area contributed by atoms with E-state index in [1.807, 2.05) is 4.57 Å². The Morgan fingerprint density at radius 1 is 1.33 bits per heavy atom. The van der Waals surface area contributed by atoms with E-state index in [0.717, 1.165) is 0 Å². The van der Waals surface area contributed by atoms with Crippen LogP contribution in [-0.4, -0.2) is 19.5 Å². The molecule has 2 aromatic heterocycles. The van der Waals surface area contributed by atoms with Gasteiger partial charge in [-0.25, -0.2) is 4.98 Å². The van der Waals surface area contributed by atoms with Crippen molar-refractivity contribution in [2.24, 2.45) is 0 Å². The van der Waals surface area contributed by atoms with Crippen LogP contribution in [0.4, 0.5) is 5.82 Å². The van der Waals surface area contributed by atoms with Gasteiger partial charge in [0, 0.05) is 5.54 Å². The number of imidazole rings is 1. The van der Waals surface area contributed by atoms with Gasteiger partial charge in [0.05, 0.1) is 6.33 Å². The van der Waals surface area contributed by atoms with Crippen LogP contribution >= 0.6 is 11.6 Å². The van der Waals surface area contributed by atoms with Crippen LogP contribution in [0.3, 0.4) is 0 Å². The summed E-state index contributed by atoms with van der Waals surface area (Å²) in [5.74, 6) is 0.313. The first-order valence-electron chi connectivity index (χ1n) is 4.56. The average Bonchev–Trinajstić information content (AvgIpc) is 2.45. The predicted octanol–water partition coefficient (Wildman–Crippen LogP) is 1.82. The van der Waals surface area contributed by atoms with Crippen LogP contribution in [0.1, 0.15) is 20.8 Å². The first kappa shape index (κ1) is 10.2. The molecule has 0 aromatic carbocycles. The normalized spacial score (nSPS) is 12.3. The summed E-state index contributed by atoms with van der Waals surface area (Å²) in [5, 5.41) is 0.144. The summed E-state index contributed by atoms with van der Waals surface area (Å²) >= 11 is 5.76. The number of hydrogen-bond acceptors (Lipinski definition) is 4. The minimum atomic E-state index is -0.112. The number of rotatable bonds is 0. The molecule has 0 spiro atoms. The van der Waals surface area contributed by atoms with Crippen molar-refractivity contribution in [1.82, 2.24) is 19.5 Å². The summed E-state index contributed by atoms with van der Waals surface area (Å²) in [4.78, 5) is 12.2. The highest BCUT2D eigenvalue weighted by Crippen LogP contribution is 2.23. The second-order valence-electron chi connectivity index (χ2n) is 4.34. The first-order valence-corrected chi connectivity index (χ1v) is 4.94. The second-order valence-corrected chi connectivity index (χ2v) is 4.67. The molecular formula is C9H12ClN5. The topological polar surface area (TPSA) is 69.6 Å². The van der Waals surface area contributed by atoms with Crippen molar-refractivity contribution in [3.05, 3.63) is 11.6 Å². The number of nitrogens with two attached hydrogens (primary N) is 1. The van der Waals surface area contributed by atoms with Crippen molar-refractivity contribution in [3.63, 3.8) is 0 Å².